The van der Waals surface area contributed by atoms with E-state index in [0.29, 0.717) is 0 Å². The summed E-state index contributed by atoms with van der Waals surface area (Å²) in [6.07, 6.45) is 6.06. The van der Waals surface area contributed by atoms with Crippen molar-refractivity contribution in [1.82, 2.24) is 14.7 Å². The zero-order chi connectivity index (χ0) is 16.1. The highest BCUT2D eigenvalue weighted by molar-refractivity contribution is 5.94. The van der Waals surface area contributed by atoms with Crippen LogP contribution in [0.25, 0.3) is 0 Å². The summed E-state index contributed by atoms with van der Waals surface area (Å²) in [7, 11) is 1.89. The van der Waals surface area contributed by atoms with Crippen LogP contribution in [0.3, 0.4) is 0 Å². The number of nitrogens with zero attached hydrogens (tertiary/aromatic N) is 3. The van der Waals surface area contributed by atoms with Crippen LogP contribution in [-0.4, -0.2) is 39.8 Å². The van der Waals surface area contributed by atoms with Crippen LogP contribution in [0.15, 0.2) is 0 Å². The quantitative estimate of drug-likeness (QED) is 0.842. The first-order valence-corrected chi connectivity index (χ1v) is 9.05. The van der Waals surface area contributed by atoms with Crippen molar-refractivity contribution >= 4 is 5.91 Å². The number of fused-ring (bicyclic) bond motifs is 1. The van der Waals surface area contributed by atoms with Crippen molar-refractivity contribution in [3.8, 4) is 0 Å². The molecule has 2 aliphatic heterocycles. The fourth-order valence-corrected chi connectivity index (χ4v) is 4.42. The maximum Gasteiger partial charge on any atom is 0.272 e. The van der Waals surface area contributed by atoms with E-state index in [0.717, 1.165) is 48.3 Å². The Hall–Kier alpha value is -1.36. The molecule has 0 spiro atoms. The van der Waals surface area contributed by atoms with Gasteiger partial charge in [0, 0.05) is 32.1 Å². The Kier molecular flexibility index (Phi) is 3.71. The molecule has 0 radical (unpaired) electrons. The Morgan fingerprint density at radius 1 is 1.13 bits per heavy atom. The molecule has 1 amide bonds. The summed E-state index contributed by atoms with van der Waals surface area (Å²) in [5.74, 6) is 1.97. The van der Waals surface area contributed by atoms with E-state index in [-0.39, 0.29) is 18.1 Å². The lowest BCUT2D eigenvalue weighted by Gasteiger charge is -2.32. The van der Waals surface area contributed by atoms with Crippen molar-refractivity contribution < 1.29 is 9.53 Å². The second-order valence-electron chi connectivity index (χ2n) is 7.60. The molecule has 1 saturated heterocycles. The van der Waals surface area contributed by atoms with Crippen molar-refractivity contribution in [2.45, 2.75) is 58.2 Å². The minimum atomic E-state index is -0.0258. The lowest BCUT2D eigenvalue weighted by molar-refractivity contribution is -0.00715. The molecule has 23 heavy (non-hydrogen) atoms. The maximum absolute atomic E-state index is 13.1. The van der Waals surface area contributed by atoms with Crippen LogP contribution in [0.5, 0.6) is 0 Å². The number of amides is 1. The molecule has 1 aromatic heterocycles. The van der Waals surface area contributed by atoms with E-state index in [1.54, 1.807) is 4.68 Å². The highest BCUT2D eigenvalue weighted by Crippen LogP contribution is 2.42. The van der Waals surface area contributed by atoms with Gasteiger partial charge in [0.15, 0.2) is 0 Å². The first kappa shape index (κ1) is 15.2. The Morgan fingerprint density at radius 2 is 1.78 bits per heavy atom. The molecule has 3 aliphatic rings. The second-order valence-corrected chi connectivity index (χ2v) is 7.60. The zero-order valence-electron chi connectivity index (χ0n) is 14.4. The molecule has 4 rings (SSSR count). The van der Waals surface area contributed by atoms with Crippen molar-refractivity contribution in [2.75, 3.05) is 13.1 Å². The highest BCUT2D eigenvalue weighted by Gasteiger charge is 2.37. The topological polar surface area (TPSA) is 47.4 Å². The molecule has 1 aromatic rings. The van der Waals surface area contributed by atoms with E-state index < -0.39 is 0 Å². The second kappa shape index (κ2) is 5.62. The van der Waals surface area contributed by atoms with Gasteiger partial charge in [-0.2, -0.15) is 5.10 Å². The number of aromatic nitrogens is 2. The molecule has 3 heterocycles. The van der Waals surface area contributed by atoms with Crippen molar-refractivity contribution in [3.63, 3.8) is 0 Å². The first-order valence-electron chi connectivity index (χ1n) is 9.05. The molecule has 0 aromatic carbocycles. The number of likely N-dealkylation sites (tertiary alicyclic amines) is 1. The molecule has 126 valence electrons. The summed E-state index contributed by atoms with van der Waals surface area (Å²) in [5.41, 5.74) is 2.83. The molecular weight excluding hydrogens is 290 g/mol. The normalized spacial score (nSPS) is 28.7. The standard InChI is InChI=1S/C18H27N3O2/c1-11-10-15-16(12(2)23-11)19-20(3)17(15)18(22)21-8-6-14(7-9-21)13-4-5-13/h11-14H,4-10H2,1-3H3/t11-,12+/m1/s1. The van der Waals surface area contributed by atoms with Gasteiger partial charge in [0.2, 0.25) is 0 Å². The number of piperidine rings is 1. The third-order valence-electron chi connectivity index (χ3n) is 5.81. The van der Waals surface area contributed by atoms with E-state index in [1.165, 1.54) is 25.7 Å². The Morgan fingerprint density at radius 3 is 2.43 bits per heavy atom. The molecule has 1 saturated carbocycles. The van der Waals surface area contributed by atoms with Gasteiger partial charge in [-0.05, 0) is 51.4 Å². The summed E-state index contributed by atoms with van der Waals surface area (Å²) in [6, 6.07) is 0. The molecule has 0 unspecified atom stereocenters. The average Bonchev–Trinajstić information content (AvgIpc) is 3.31. The van der Waals surface area contributed by atoms with Gasteiger partial charge < -0.3 is 9.64 Å². The molecule has 5 nitrogen and oxygen atoms in total. The van der Waals surface area contributed by atoms with Gasteiger partial charge in [0.25, 0.3) is 5.91 Å². The number of rotatable bonds is 2. The lowest BCUT2D eigenvalue weighted by Crippen LogP contribution is -2.40. The third kappa shape index (κ3) is 2.69. The number of carbonyl (C=O) groups excluding carboxylic acids is 1. The predicted octanol–water partition coefficient (Wildman–Crippen LogP) is 2.70. The summed E-state index contributed by atoms with van der Waals surface area (Å²) >= 11 is 0. The predicted molar refractivity (Wildman–Crippen MR) is 87.2 cm³/mol. The van der Waals surface area contributed by atoms with Gasteiger partial charge >= 0.3 is 0 Å². The van der Waals surface area contributed by atoms with Gasteiger partial charge in [0.05, 0.1) is 17.9 Å². The van der Waals surface area contributed by atoms with Gasteiger partial charge in [-0.15, -0.1) is 0 Å². The van der Waals surface area contributed by atoms with Crippen LogP contribution in [0.1, 0.15) is 67.4 Å². The number of ether oxygens (including phenoxy) is 1. The Balaban J connectivity index is 1.54. The van der Waals surface area contributed by atoms with Crippen LogP contribution in [0, 0.1) is 11.8 Å². The summed E-state index contributed by atoms with van der Waals surface area (Å²) in [5, 5.41) is 4.58. The zero-order valence-corrected chi connectivity index (χ0v) is 14.4. The van der Waals surface area contributed by atoms with Crippen molar-refractivity contribution in [3.05, 3.63) is 17.0 Å². The largest absolute Gasteiger partial charge is 0.369 e. The lowest BCUT2D eigenvalue weighted by atomic mass is 9.91. The van der Waals surface area contributed by atoms with Crippen LogP contribution in [0.2, 0.25) is 0 Å². The summed E-state index contributed by atoms with van der Waals surface area (Å²) in [6.45, 7) is 5.90. The van der Waals surface area contributed by atoms with E-state index in [9.17, 15) is 4.79 Å². The van der Waals surface area contributed by atoms with Crippen LogP contribution in [-0.2, 0) is 18.2 Å². The van der Waals surface area contributed by atoms with Crippen LogP contribution >= 0.6 is 0 Å². The SMILES string of the molecule is C[C@@H]1Cc2c(nn(C)c2C(=O)N2CCC(C3CC3)CC2)[C@H](C)O1. The molecule has 2 fully saturated rings. The molecule has 1 aliphatic carbocycles. The highest BCUT2D eigenvalue weighted by atomic mass is 16.5. The summed E-state index contributed by atoms with van der Waals surface area (Å²) in [4.78, 5) is 15.1. The van der Waals surface area contributed by atoms with Crippen LogP contribution < -0.4 is 0 Å². The molecule has 2 atom stereocenters. The number of aryl methyl sites for hydroxylation is 1. The maximum atomic E-state index is 13.1. The van der Waals surface area contributed by atoms with Crippen molar-refractivity contribution in [1.29, 1.82) is 0 Å². The Labute approximate surface area is 138 Å². The molecular formula is C18H27N3O2. The van der Waals surface area contributed by atoms with E-state index in [1.807, 2.05) is 18.9 Å². The van der Waals surface area contributed by atoms with E-state index in [2.05, 4.69) is 12.0 Å². The fraction of sp³-hybridized carbons (Fsp3) is 0.778. The fourth-order valence-electron chi connectivity index (χ4n) is 4.42. The minimum Gasteiger partial charge on any atom is -0.369 e. The molecule has 0 N–H and O–H groups in total. The smallest absolute Gasteiger partial charge is 0.272 e. The number of carbonyl (C=O) groups is 1. The molecule has 5 heteroatoms. The molecule has 0 bridgehead atoms. The van der Waals surface area contributed by atoms with Gasteiger partial charge in [0.1, 0.15) is 5.69 Å². The van der Waals surface area contributed by atoms with Gasteiger partial charge in [-0.3, -0.25) is 9.48 Å². The Bertz CT molecular complexity index is 612. The van der Waals surface area contributed by atoms with E-state index in [4.69, 9.17) is 4.74 Å². The minimum absolute atomic E-state index is 0.0258. The monoisotopic (exact) mass is 317 g/mol. The van der Waals surface area contributed by atoms with Crippen LogP contribution in [0.4, 0.5) is 0 Å². The van der Waals surface area contributed by atoms with Crippen molar-refractivity contribution in [2.24, 2.45) is 18.9 Å². The summed E-state index contributed by atoms with van der Waals surface area (Å²) < 4.78 is 7.63. The third-order valence-corrected chi connectivity index (χ3v) is 5.81. The number of hydrogen-bond acceptors (Lipinski definition) is 3. The van der Waals surface area contributed by atoms with Gasteiger partial charge in [-0.25, -0.2) is 0 Å². The average molecular weight is 317 g/mol. The van der Waals surface area contributed by atoms with E-state index >= 15 is 0 Å². The first-order chi connectivity index (χ1) is 11.0. The van der Waals surface area contributed by atoms with Gasteiger partial charge in [-0.1, -0.05) is 0 Å². The number of hydrogen-bond donors (Lipinski definition) is 0.